The van der Waals surface area contributed by atoms with E-state index in [4.69, 9.17) is 21.1 Å². The molecule has 1 amide bonds. The summed E-state index contributed by atoms with van der Waals surface area (Å²) in [5.74, 6) is 0.871. The Kier molecular flexibility index (Phi) is 6.19. The molecule has 30 heavy (non-hydrogen) atoms. The van der Waals surface area contributed by atoms with Gasteiger partial charge in [0.05, 0.1) is 25.1 Å². The van der Waals surface area contributed by atoms with Crippen LogP contribution < -0.4 is 19.1 Å². The maximum absolute atomic E-state index is 12.8. The number of carbonyl (C=O) groups is 1. The van der Waals surface area contributed by atoms with Gasteiger partial charge in [0.2, 0.25) is 15.9 Å². The molecule has 1 atom stereocenters. The number of anilines is 1. The SMILES string of the molecule is COc1ccc2c(c1)OC(C)(C)CC2NC(=O)CN(c1ccc(Cl)cc1)S(C)(=O)=O. The number of benzene rings is 2. The van der Waals surface area contributed by atoms with Gasteiger partial charge in [-0.05, 0) is 50.2 Å². The van der Waals surface area contributed by atoms with Crippen LogP contribution in [0.5, 0.6) is 11.5 Å². The van der Waals surface area contributed by atoms with Gasteiger partial charge in [0.25, 0.3) is 0 Å². The average Bonchev–Trinajstić information content (AvgIpc) is 2.64. The second kappa shape index (κ2) is 8.35. The van der Waals surface area contributed by atoms with E-state index in [0.717, 1.165) is 16.1 Å². The van der Waals surface area contributed by atoms with E-state index < -0.39 is 21.5 Å². The molecule has 2 aromatic rings. The summed E-state index contributed by atoms with van der Waals surface area (Å²) in [6.07, 6.45) is 1.60. The molecule has 0 saturated heterocycles. The summed E-state index contributed by atoms with van der Waals surface area (Å²) in [5, 5.41) is 3.44. The molecular weight excluding hydrogens is 428 g/mol. The monoisotopic (exact) mass is 452 g/mol. The summed E-state index contributed by atoms with van der Waals surface area (Å²) in [6, 6.07) is 11.4. The minimum Gasteiger partial charge on any atom is -0.497 e. The predicted octanol–water partition coefficient (Wildman–Crippen LogP) is 3.53. The van der Waals surface area contributed by atoms with Crippen LogP contribution in [0, 0.1) is 0 Å². The number of nitrogens with zero attached hydrogens (tertiary/aromatic N) is 1. The molecule has 3 rings (SSSR count). The van der Waals surface area contributed by atoms with Crippen molar-refractivity contribution in [2.45, 2.75) is 31.9 Å². The molecule has 7 nitrogen and oxygen atoms in total. The third-order valence-electron chi connectivity index (χ3n) is 4.82. The van der Waals surface area contributed by atoms with Crippen molar-refractivity contribution in [3.63, 3.8) is 0 Å². The van der Waals surface area contributed by atoms with E-state index in [1.165, 1.54) is 0 Å². The first-order valence-corrected chi connectivity index (χ1v) is 11.6. The van der Waals surface area contributed by atoms with Gasteiger partial charge in [0.1, 0.15) is 23.6 Å². The minimum atomic E-state index is -3.67. The van der Waals surface area contributed by atoms with E-state index in [0.29, 0.717) is 28.6 Å². The Morgan fingerprint density at radius 2 is 1.93 bits per heavy atom. The molecule has 0 fully saturated rings. The fourth-order valence-corrected chi connectivity index (χ4v) is 4.45. The van der Waals surface area contributed by atoms with E-state index in [2.05, 4.69) is 5.32 Å². The number of amides is 1. The standard InChI is InChI=1S/C21H25ClN2O5S/c1-21(2)12-18(17-10-9-16(28-3)11-19(17)29-21)23-20(25)13-24(30(4,26)27)15-7-5-14(22)6-8-15/h5-11,18H,12-13H2,1-4H3,(H,23,25). The first-order chi connectivity index (χ1) is 14.0. The zero-order valence-corrected chi connectivity index (χ0v) is 18.9. The molecule has 1 heterocycles. The number of carbonyl (C=O) groups excluding carboxylic acids is 1. The summed E-state index contributed by atoms with van der Waals surface area (Å²) in [7, 11) is -2.10. The van der Waals surface area contributed by atoms with Crippen LogP contribution in [0.15, 0.2) is 42.5 Å². The summed E-state index contributed by atoms with van der Waals surface area (Å²) < 4.78 is 36.9. The highest BCUT2D eigenvalue weighted by Gasteiger charge is 2.35. The third kappa shape index (κ3) is 5.17. The number of methoxy groups -OCH3 is 1. The van der Waals surface area contributed by atoms with Crippen molar-refractivity contribution in [2.24, 2.45) is 0 Å². The Balaban J connectivity index is 1.83. The van der Waals surface area contributed by atoms with Crippen LogP contribution in [0.1, 0.15) is 31.9 Å². The molecule has 2 aromatic carbocycles. The molecule has 1 N–H and O–H groups in total. The smallest absolute Gasteiger partial charge is 0.241 e. The normalized spacial score (nSPS) is 17.4. The van der Waals surface area contributed by atoms with E-state index in [-0.39, 0.29) is 12.6 Å². The fraction of sp³-hybridized carbons (Fsp3) is 0.381. The Hall–Kier alpha value is -2.45. The van der Waals surface area contributed by atoms with Gasteiger partial charge in [-0.25, -0.2) is 8.42 Å². The van der Waals surface area contributed by atoms with Gasteiger partial charge in [-0.15, -0.1) is 0 Å². The summed E-state index contributed by atoms with van der Waals surface area (Å²) in [4.78, 5) is 12.8. The van der Waals surface area contributed by atoms with Crippen molar-refractivity contribution in [3.05, 3.63) is 53.1 Å². The number of ether oxygens (including phenoxy) is 2. The minimum absolute atomic E-state index is 0.325. The van der Waals surface area contributed by atoms with Crippen molar-refractivity contribution in [1.82, 2.24) is 5.32 Å². The van der Waals surface area contributed by atoms with Crippen LogP contribution in [-0.4, -0.2) is 39.8 Å². The van der Waals surface area contributed by atoms with Crippen molar-refractivity contribution in [2.75, 3.05) is 24.2 Å². The molecule has 1 unspecified atom stereocenters. The second-order valence-electron chi connectivity index (χ2n) is 7.84. The first kappa shape index (κ1) is 22.2. The highest BCUT2D eigenvalue weighted by molar-refractivity contribution is 7.92. The van der Waals surface area contributed by atoms with E-state index in [1.54, 1.807) is 43.5 Å². The Morgan fingerprint density at radius 1 is 1.27 bits per heavy atom. The number of rotatable bonds is 6. The molecule has 0 aliphatic carbocycles. The topological polar surface area (TPSA) is 84.9 Å². The molecule has 162 valence electrons. The van der Waals surface area contributed by atoms with Gasteiger partial charge in [0.15, 0.2) is 0 Å². The number of sulfonamides is 1. The van der Waals surface area contributed by atoms with Crippen molar-refractivity contribution >= 4 is 33.2 Å². The van der Waals surface area contributed by atoms with Gasteiger partial charge in [-0.1, -0.05) is 11.6 Å². The lowest BCUT2D eigenvalue weighted by Gasteiger charge is -2.38. The maximum atomic E-state index is 12.8. The van der Waals surface area contributed by atoms with Crippen LogP contribution in [-0.2, 0) is 14.8 Å². The van der Waals surface area contributed by atoms with Crippen LogP contribution >= 0.6 is 11.6 Å². The quantitative estimate of drug-likeness (QED) is 0.724. The van der Waals surface area contributed by atoms with Crippen LogP contribution in [0.25, 0.3) is 0 Å². The van der Waals surface area contributed by atoms with Gasteiger partial charge in [-0.3, -0.25) is 9.10 Å². The lowest BCUT2D eigenvalue weighted by Crippen LogP contribution is -2.45. The van der Waals surface area contributed by atoms with Crippen LogP contribution in [0.3, 0.4) is 0 Å². The highest BCUT2D eigenvalue weighted by atomic mass is 35.5. The molecule has 0 aromatic heterocycles. The fourth-order valence-electron chi connectivity index (χ4n) is 3.47. The van der Waals surface area contributed by atoms with E-state index in [9.17, 15) is 13.2 Å². The molecule has 1 aliphatic rings. The van der Waals surface area contributed by atoms with E-state index >= 15 is 0 Å². The highest BCUT2D eigenvalue weighted by Crippen LogP contribution is 2.41. The van der Waals surface area contributed by atoms with Gasteiger partial charge < -0.3 is 14.8 Å². The zero-order chi connectivity index (χ0) is 22.1. The molecule has 9 heteroatoms. The van der Waals surface area contributed by atoms with Gasteiger partial charge in [-0.2, -0.15) is 0 Å². The lowest BCUT2D eigenvalue weighted by molar-refractivity contribution is -0.120. The second-order valence-corrected chi connectivity index (χ2v) is 10.2. The Labute approximate surface area is 182 Å². The largest absolute Gasteiger partial charge is 0.497 e. The molecule has 0 saturated carbocycles. The predicted molar refractivity (Wildman–Crippen MR) is 117 cm³/mol. The average molecular weight is 453 g/mol. The van der Waals surface area contributed by atoms with Crippen LogP contribution in [0.2, 0.25) is 5.02 Å². The van der Waals surface area contributed by atoms with Crippen LogP contribution in [0.4, 0.5) is 5.69 Å². The molecule has 0 radical (unpaired) electrons. The summed E-state index contributed by atoms with van der Waals surface area (Å²) in [5.41, 5.74) is 0.680. The molecule has 1 aliphatic heterocycles. The number of hydrogen-bond donors (Lipinski definition) is 1. The van der Waals surface area contributed by atoms with Crippen molar-refractivity contribution in [1.29, 1.82) is 0 Å². The molecule has 0 spiro atoms. The summed E-state index contributed by atoms with van der Waals surface area (Å²) >= 11 is 5.89. The first-order valence-electron chi connectivity index (χ1n) is 9.38. The third-order valence-corrected chi connectivity index (χ3v) is 6.21. The zero-order valence-electron chi connectivity index (χ0n) is 17.3. The van der Waals surface area contributed by atoms with E-state index in [1.807, 2.05) is 19.9 Å². The Morgan fingerprint density at radius 3 is 2.53 bits per heavy atom. The van der Waals surface area contributed by atoms with Crippen molar-refractivity contribution in [3.8, 4) is 11.5 Å². The van der Waals surface area contributed by atoms with Crippen molar-refractivity contribution < 1.29 is 22.7 Å². The number of hydrogen-bond acceptors (Lipinski definition) is 5. The van der Waals surface area contributed by atoms with Gasteiger partial charge in [0, 0.05) is 23.1 Å². The lowest BCUT2D eigenvalue weighted by atomic mass is 9.89. The molecular formula is C21H25ClN2O5S. The number of nitrogens with one attached hydrogen (secondary N) is 1. The maximum Gasteiger partial charge on any atom is 0.241 e. The summed E-state index contributed by atoms with van der Waals surface area (Å²) in [6.45, 7) is 3.53. The number of halogens is 1. The molecule has 0 bridgehead atoms. The Bertz CT molecular complexity index is 1040. The number of fused-ring (bicyclic) bond motifs is 1. The van der Waals surface area contributed by atoms with Gasteiger partial charge >= 0.3 is 0 Å².